The Morgan fingerprint density at radius 3 is 2.55 bits per heavy atom. The maximum Gasteiger partial charge on any atom is 0.173 e. The van der Waals surface area contributed by atoms with Crippen LogP contribution in [0.4, 0.5) is 4.39 Å². The maximum atomic E-state index is 13.9. The molecule has 20 heavy (non-hydrogen) atoms. The first-order valence-corrected chi connectivity index (χ1v) is 7.55. The molecule has 0 N–H and O–H groups in total. The summed E-state index contributed by atoms with van der Waals surface area (Å²) in [6, 6.07) is 2.68. The summed E-state index contributed by atoms with van der Waals surface area (Å²) in [6.07, 6.45) is 0. The maximum absolute atomic E-state index is 13.9. The first-order valence-electron chi connectivity index (χ1n) is 5.54. The molecule has 2 heterocycles. The molecule has 2 nitrogen and oxygen atoms in total. The molecule has 102 valence electrons. The molecule has 0 saturated carbocycles. The molecule has 3 aromatic rings. The Morgan fingerprint density at radius 1 is 1.15 bits per heavy atom. The van der Waals surface area contributed by atoms with Crippen molar-refractivity contribution < 1.29 is 4.39 Å². The molecule has 0 aliphatic heterocycles. The Labute approximate surface area is 133 Å². The van der Waals surface area contributed by atoms with Crippen LogP contribution in [0.1, 0.15) is 5.56 Å². The number of benzene rings is 1. The van der Waals surface area contributed by atoms with Crippen LogP contribution < -0.4 is 0 Å². The Bertz CT molecular complexity index is 832. The van der Waals surface area contributed by atoms with E-state index in [1.807, 2.05) is 12.3 Å². The number of rotatable bonds is 1. The number of hydrogen-bond donors (Lipinski definition) is 0. The van der Waals surface area contributed by atoms with Gasteiger partial charge in [-0.15, -0.1) is 11.3 Å². The molecular weight excluding hydrogens is 342 g/mol. The van der Waals surface area contributed by atoms with Crippen LogP contribution in [-0.2, 0) is 0 Å². The molecule has 0 radical (unpaired) electrons. The zero-order chi connectivity index (χ0) is 14.4. The van der Waals surface area contributed by atoms with Crippen LogP contribution in [0.15, 0.2) is 17.5 Å². The van der Waals surface area contributed by atoms with E-state index in [-0.39, 0.29) is 10.7 Å². The van der Waals surface area contributed by atoms with Crippen LogP contribution in [0.2, 0.25) is 15.2 Å². The van der Waals surface area contributed by atoms with Crippen molar-refractivity contribution in [1.29, 1.82) is 0 Å². The van der Waals surface area contributed by atoms with Crippen LogP contribution in [0, 0.1) is 12.7 Å². The molecule has 0 atom stereocenters. The van der Waals surface area contributed by atoms with E-state index in [4.69, 9.17) is 34.8 Å². The van der Waals surface area contributed by atoms with Gasteiger partial charge in [-0.1, -0.05) is 34.8 Å². The number of nitrogens with zero attached hydrogens (tertiary/aromatic N) is 2. The third-order valence-electron chi connectivity index (χ3n) is 2.81. The van der Waals surface area contributed by atoms with Gasteiger partial charge < -0.3 is 0 Å². The summed E-state index contributed by atoms with van der Waals surface area (Å²) in [5.74, 6) is -0.203. The lowest BCUT2D eigenvalue weighted by Gasteiger charge is -2.06. The van der Waals surface area contributed by atoms with Gasteiger partial charge in [0.05, 0.1) is 20.3 Å². The van der Waals surface area contributed by atoms with Crippen molar-refractivity contribution in [2.45, 2.75) is 6.92 Å². The lowest BCUT2D eigenvalue weighted by molar-refractivity contribution is 0.636. The van der Waals surface area contributed by atoms with Crippen molar-refractivity contribution in [1.82, 2.24) is 9.97 Å². The minimum Gasteiger partial charge on any atom is -0.224 e. The van der Waals surface area contributed by atoms with Gasteiger partial charge in [0, 0.05) is 0 Å². The van der Waals surface area contributed by atoms with Crippen molar-refractivity contribution in [3.05, 3.63) is 44.1 Å². The first kappa shape index (κ1) is 14.0. The highest BCUT2D eigenvalue weighted by atomic mass is 35.5. The number of hydrogen-bond acceptors (Lipinski definition) is 3. The standard InChI is InChI=1S/C13H6Cl3FN2S/c1-5-4-20-11(9(5)15)13-18-10-7(17)3-2-6(14)8(10)12(16)19-13/h2-4H,1H3. The summed E-state index contributed by atoms with van der Waals surface area (Å²) in [6.45, 7) is 1.88. The fourth-order valence-electron chi connectivity index (χ4n) is 1.81. The van der Waals surface area contributed by atoms with Crippen LogP contribution in [0.5, 0.6) is 0 Å². The Balaban J connectivity index is 2.35. The summed E-state index contributed by atoms with van der Waals surface area (Å²) >= 11 is 19.7. The molecule has 1 aromatic carbocycles. The summed E-state index contributed by atoms with van der Waals surface area (Å²) in [7, 11) is 0. The molecule has 7 heteroatoms. The SMILES string of the molecule is Cc1csc(-c2nc(Cl)c3c(Cl)ccc(F)c3n2)c1Cl. The van der Waals surface area contributed by atoms with Gasteiger partial charge >= 0.3 is 0 Å². The summed E-state index contributed by atoms with van der Waals surface area (Å²) in [4.78, 5) is 9.05. The molecule has 0 unspecified atom stereocenters. The van der Waals surface area contributed by atoms with Crippen LogP contribution in [-0.4, -0.2) is 9.97 Å². The highest BCUT2D eigenvalue weighted by Crippen LogP contribution is 2.37. The highest BCUT2D eigenvalue weighted by molar-refractivity contribution is 7.14. The van der Waals surface area contributed by atoms with Gasteiger partial charge in [0.15, 0.2) is 5.82 Å². The number of halogens is 4. The predicted molar refractivity (Wildman–Crippen MR) is 82.6 cm³/mol. The van der Waals surface area contributed by atoms with Crippen LogP contribution in [0.3, 0.4) is 0 Å². The van der Waals surface area contributed by atoms with E-state index in [0.717, 1.165) is 5.56 Å². The Kier molecular flexibility index (Phi) is 3.58. The zero-order valence-corrected chi connectivity index (χ0v) is 13.1. The second kappa shape index (κ2) is 5.11. The molecule has 0 aliphatic carbocycles. The largest absolute Gasteiger partial charge is 0.224 e. The third kappa shape index (κ3) is 2.17. The second-order valence-electron chi connectivity index (χ2n) is 4.15. The monoisotopic (exact) mass is 346 g/mol. The Hall–Kier alpha value is -0.940. The topological polar surface area (TPSA) is 25.8 Å². The molecule has 0 bridgehead atoms. The molecule has 3 rings (SSSR count). The number of aromatic nitrogens is 2. The van der Waals surface area contributed by atoms with Gasteiger partial charge in [0.1, 0.15) is 16.5 Å². The van der Waals surface area contributed by atoms with Crippen molar-refractivity contribution in [3.63, 3.8) is 0 Å². The van der Waals surface area contributed by atoms with E-state index in [9.17, 15) is 4.39 Å². The molecule has 0 spiro atoms. The summed E-state index contributed by atoms with van der Waals surface area (Å²) < 4.78 is 13.9. The second-order valence-corrected chi connectivity index (χ2v) is 6.18. The van der Waals surface area contributed by atoms with Gasteiger partial charge in [-0.05, 0) is 30.0 Å². The van der Waals surface area contributed by atoms with Gasteiger partial charge in [-0.25, -0.2) is 14.4 Å². The quantitative estimate of drug-likeness (QED) is 0.522. The average Bonchev–Trinajstić information content (AvgIpc) is 2.74. The molecule has 0 aliphatic rings. The first-order chi connectivity index (χ1) is 9.49. The summed E-state index contributed by atoms with van der Waals surface area (Å²) in [5, 5.41) is 3.16. The number of fused-ring (bicyclic) bond motifs is 1. The Morgan fingerprint density at radius 2 is 1.90 bits per heavy atom. The predicted octanol–water partition coefficient (Wildman–Crippen LogP) is 5.77. The fraction of sp³-hybridized carbons (Fsp3) is 0.0769. The van der Waals surface area contributed by atoms with E-state index in [1.54, 1.807) is 0 Å². The number of aryl methyl sites for hydroxylation is 1. The molecule has 0 amide bonds. The molecule has 2 aromatic heterocycles. The van der Waals surface area contributed by atoms with Gasteiger partial charge in [0.2, 0.25) is 0 Å². The van der Waals surface area contributed by atoms with E-state index < -0.39 is 5.82 Å². The lowest BCUT2D eigenvalue weighted by atomic mass is 10.2. The van der Waals surface area contributed by atoms with E-state index in [1.165, 1.54) is 23.5 Å². The van der Waals surface area contributed by atoms with Crippen molar-refractivity contribution >= 4 is 57.0 Å². The van der Waals surface area contributed by atoms with Gasteiger partial charge in [-0.3, -0.25) is 0 Å². The third-order valence-corrected chi connectivity index (χ3v) is 5.09. The van der Waals surface area contributed by atoms with Crippen molar-refractivity contribution in [3.8, 4) is 10.7 Å². The molecule has 0 fully saturated rings. The van der Waals surface area contributed by atoms with E-state index >= 15 is 0 Å². The van der Waals surface area contributed by atoms with Crippen LogP contribution in [0.25, 0.3) is 21.6 Å². The highest BCUT2D eigenvalue weighted by Gasteiger charge is 2.17. The van der Waals surface area contributed by atoms with Crippen molar-refractivity contribution in [2.24, 2.45) is 0 Å². The normalized spacial score (nSPS) is 11.2. The van der Waals surface area contributed by atoms with E-state index in [2.05, 4.69) is 9.97 Å². The zero-order valence-electron chi connectivity index (χ0n) is 10.0. The molecular formula is C13H6Cl3FN2S. The van der Waals surface area contributed by atoms with Gasteiger partial charge in [0.25, 0.3) is 0 Å². The minimum absolute atomic E-state index is 0.0922. The fourth-order valence-corrected chi connectivity index (χ4v) is 3.58. The smallest absolute Gasteiger partial charge is 0.173 e. The number of thiophene rings is 1. The minimum atomic E-state index is -0.501. The van der Waals surface area contributed by atoms with Crippen molar-refractivity contribution in [2.75, 3.05) is 0 Å². The lowest BCUT2D eigenvalue weighted by Crippen LogP contribution is -1.94. The van der Waals surface area contributed by atoms with Crippen LogP contribution >= 0.6 is 46.1 Å². The van der Waals surface area contributed by atoms with Gasteiger partial charge in [-0.2, -0.15) is 0 Å². The average molecular weight is 348 g/mol. The molecule has 0 saturated heterocycles. The van der Waals surface area contributed by atoms with E-state index in [0.29, 0.717) is 26.1 Å². The summed E-state index contributed by atoms with van der Waals surface area (Å²) in [5.41, 5.74) is 1.01.